The third-order valence-corrected chi connectivity index (χ3v) is 7.62. The first-order chi connectivity index (χ1) is 13.9. The number of nitrogens with zero attached hydrogens (tertiary/aromatic N) is 1. The van der Waals surface area contributed by atoms with Crippen LogP contribution in [0.1, 0.15) is 55.5 Å². The number of thioether (sulfide) groups is 1. The van der Waals surface area contributed by atoms with Gasteiger partial charge in [-0.1, -0.05) is 57.0 Å². The molecule has 1 N–H and O–H groups in total. The molecule has 7 heteroatoms. The Bertz CT molecular complexity index is 890. The summed E-state index contributed by atoms with van der Waals surface area (Å²) < 4.78 is 27.8. The van der Waals surface area contributed by atoms with Crippen molar-refractivity contribution in [1.29, 1.82) is 0 Å². The molecule has 0 heterocycles. The lowest BCUT2D eigenvalue weighted by molar-refractivity contribution is 0.0693. The Morgan fingerprint density at radius 2 is 1.62 bits per heavy atom. The molecule has 2 aromatic rings. The van der Waals surface area contributed by atoms with Gasteiger partial charge in [-0.25, -0.2) is 13.2 Å². The van der Waals surface area contributed by atoms with Gasteiger partial charge in [-0.05, 0) is 36.6 Å². The molecule has 0 bridgehead atoms. The standard InChI is InChI=1S/C22H29NO4S2/c1-3-5-14-23(15-6-4-2)29(26,27)19-12-13-21(20(16-19)22(24)25)28-17-18-10-8-7-9-11-18/h7-13,16H,3-6,14-15,17H2,1-2H3,(H,24,25). The van der Waals surface area contributed by atoms with E-state index in [1.165, 1.54) is 28.2 Å². The van der Waals surface area contributed by atoms with Crippen LogP contribution in [0.25, 0.3) is 0 Å². The molecular weight excluding hydrogens is 406 g/mol. The summed E-state index contributed by atoms with van der Waals surface area (Å²) in [5.41, 5.74) is 1.11. The van der Waals surface area contributed by atoms with Gasteiger partial charge in [0.2, 0.25) is 10.0 Å². The number of sulfonamides is 1. The van der Waals surface area contributed by atoms with Crippen LogP contribution in [0.5, 0.6) is 0 Å². The molecule has 0 atom stereocenters. The van der Waals surface area contributed by atoms with Crippen molar-refractivity contribution in [2.75, 3.05) is 13.1 Å². The zero-order valence-electron chi connectivity index (χ0n) is 17.0. The van der Waals surface area contributed by atoms with Crippen LogP contribution in [0, 0.1) is 0 Å². The Kier molecular flexibility index (Phi) is 9.20. The van der Waals surface area contributed by atoms with E-state index in [0.717, 1.165) is 31.2 Å². The number of unbranched alkanes of at least 4 members (excludes halogenated alkanes) is 2. The number of hydrogen-bond acceptors (Lipinski definition) is 4. The number of aromatic carboxylic acids is 1. The molecule has 0 saturated carbocycles. The van der Waals surface area contributed by atoms with E-state index in [0.29, 0.717) is 23.7 Å². The maximum atomic E-state index is 13.1. The maximum Gasteiger partial charge on any atom is 0.336 e. The predicted octanol–water partition coefficient (Wildman–Crippen LogP) is 5.27. The van der Waals surface area contributed by atoms with Crippen LogP contribution in [-0.4, -0.2) is 36.9 Å². The Hall–Kier alpha value is -1.83. The predicted molar refractivity (Wildman–Crippen MR) is 118 cm³/mol. The summed E-state index contributed by atoms with van der Waals surface area (Å²) in [7, 11) is -3.72. The summed E-state index contributed by atoms with van der Waals surface area (Å²) >= 11 is 1.39. The van der Waals surface area contributed by atoms with E-state index in [2.05, 4.69) is 0 Å². The summed E-state index contributed by atoms with van der Waals surface area (Å²) in [6, 6.07) is 14.2. The van der Waals surface area contributed by atoms with Gasteiger partial charge in [-0.15, -0.1) is 11.8 Å². The van der Waals surface area contributed by atoms with Gasteiger partial charge in [0.25, 0.3) is 0 Å². The fourth-order valence-electron chi connectivity index (χ4n) is 2.87. The van der Waals surface area contributed by atoms with Gasteiger partial charge in [-0.3, -0.25) is 0 Å². The van der Waals surface area contributed by atoms with E-state index in [1.54, 1.807) is 6.07 Å². The third-order valence-electron chi connectivity index (χ3n) is 4.58. The fraction of sp³-hybridized carbons (Fsp3) is 0.409. The van der Waals surface area contributed by atoms with Crippen molar-refractivity contribution < 1.29 is 18.3 Å². The molecule has 158 valence electrons. The lowest BCUT2D eigenvalue weighted by Crippen LogP contribution is -2.33. The van der Waals surface area contributed by atoms with Crippen molar-refractivity contribution in [2.24, 2.45) is 0 Å². The second-order valence-corrected chi connectivity index (χ2v) is 9.80. The van der Waals surface area contributed by atoms with E-state index in [1.807, 2.05) is 44.2 Å². The highest BCUT2D eigenvalue weighted by atomic mass is 32.2. The number of carboxylic acids is 1. The van der Waals surface area contributed by atoms with Gasteiger partial charge in [0.1, 0.15) is 0 Å². The molecule has 0 spiro atoms. The molecule has 0 saturated heterocycles. The molecular formula is C22H29NO4S2. The smallest absolute Gasteiger partial charge is 0.336 e. The molecule has 0 radical (unpaired) electrons. The van der Waals surface area contributed by atoms with Gasteiger partial charge >= 0.3 is 5.97 Å². The van der Waals surface area contributed by atoms with Gasteiger partial charge in [0.15, 0.2) is 0 Å². The first kappa shape index (κ1) is 23.4. The summed E-state index contributed by atoms with van der Waals surface area (Å²) in [4.78, 5) is 12.4. The maximum absolute atomic E-state index is 13.1. The van der Waals surface area contributed by atoms with Crippen LogP contribution in [0.3, 0.4) is 0 Å². The Balaban J connectivity index is 2.29. The minimum atomic E-state index is -3.72. The lowest BCUT2D eigenvalue weighted by Gasteiger charge is -2.22. The van der Waals surface area contributed by atoms with Crippen molar-refractivity contribution >= 4 is 27.8 Å². The third kappa shape index (κ3) is 6.59. The molecule has 0 aliphatic rings. The van der Waals surface area contributed by atoms with Crippen LogP contribution in [-0.2, 0) is 15.8 Å². The number of rotatable bonds is 12. The van der Waals surface area contributed by atoms with Crippen LogP contribution < -0.4 is 0 Å². The summed E-state index contributed by atoms with van der Waals surface area (Å²) in [6.45, 7) is 4.94. The molecule has 2 aromatic carbocycles. The zero-order valence-corrected chi connectivity index (χ0v) is 18.6. The quantitative estimate of drug-likeness (QED) is 0.460. The Morgan fingerprint density at radius 3 is 2.17 bits per heavy atom. The minimum absolute atomic E-state index is 0.0259. The van der Waals surface area contributed by atoms with Crippen molar-refractivity contribution in [3.05, 3.63) is 59.7 Å². The Labute approximate surface area is 178 Å². The van der Waals surface area contributed by atoms with Crippen LogP contribution >= 0.6 is 11.8 Å². The normalized spacial score (nSPS) is 11.7. The lowest BCUT2D eigenvalue weighted by atomic mass is 10.2. The molecule has 29 heavy (non-hydrogen) atoms. The number of benzene rings is 2. The van der Waals surface area contributed by atoms with Gasteiger partial charge in [0.05, 0.1) is 10.5 Å². The molecule has 5 nitrogen and oxygen atoms in total. The fourth-order valence-corrected chi connectivity index (χ4v) is 5.39. The summed E-state index contributed by atoms with van der Waals surface area (Å²) in [5.74, 6) is -0.502. The highest BCUT2D eigenvalue weighted by Crippen LogP contribution is 2.29. The number of carboxylic acid groups (broad SMARTS) is 1. The second kappa shape index (κ2) is 11.4. The van der Waals surface area contributed by atoms with Gasteiger partial charge in [0, 0.05) is 23.7 Å². The van der Waals surface area contributed by atoms with Crippen LogP contribution in [0.2, 0.25) is 0 Å². The van der Waals surface area contributed by atoms with Gasteiger partial charge < -0.3 is 5.11 Å². The average molecular weight is 436 g/mol. The van der Waals surface area contributed by atoms with E-state index >= 15 is 0 Å². The molecule has 0 unspecified atom stereocenters. The van der Waals surface area contributed by atoms with Crippen LogP contribution in [0.4, 0.5) is 0 Å². The SMILES string of the molecule is CCCCN(CCCC)S(=O)(=O)c1ccc(SCc2ccccc2)c(C(=O)O)c1. The minimum Gasteiger partial charge on any atom is -0.478 e. The number of carbonyl (C=O) groups is 1. The molecule has 0 fully saturated rings. The first-order valence-corrected chi connectivity index (χ1v) is 12.4. The summed E-state index contributed by atoms with van der Waals surface area (Å²) in [5, 5.41) is 9.65. The van der Waals surface area contributed by atoms with Crippen molar-refractivity contribution in [2.45, 2.75) is 55.1 Å². The molecule has 0 aliphatic heterocycles. The monoisotopic (exact) mass is 435 g/mol. The second-order valence-electron chi connectivity index (χ2n) is 6.85. The topological polar surface area (TPSA) is 74.7 Å². The molecule has 0 aliphatic carbocycles. The highest BCUT2D eigenvalue weighted by molar-refractivity contribution is 7.98. The summed E-state index contributed by atoms with van der Waals surface area (Å²) in [6.07, 6.45) is 3.35. The van der Waals surface area contributed by atoms with E-state index < -0.39 is 16.0 Å². The van der Waals surface area contributed by atoms with E-state index in [4.69, 9.17) is 0 Å². The van der Waals surface area contributed by atoms with Crippen molar-refractivity contribution in [3.8, 4) is 0 Å². The molecule has 2 rings (SSSR count). The molecule has 0 aromatic heterocycles. The number of hydrogen-bond donors (Lipinski definition) is 1. The van der Waals surface area contributed by atoms with Crippen molar-refractivity contribution in [1.82, 2.24) is 4.31 Å². The van der Waals surface area contributed by atoms with Gasteiger partial charge in [-0.2, -0.15) is 4.31 Å². The highest BCUT2D eigenvalue weighted by Gasteiger charge is 2.25. The zero-order chi connectivity index (χ0) is 21.3. The Morgan fingerprint density at radius 1 is 1.00 bits per heavy atom. The average Bonchev–Trinajstić information content (AvgIpc) is 2.72. The molecule has 0 amide bonds. The first-order valence-electron chi connectivity index (χ1n) is 9.94. The van der Waals surface area contributed by atoms with E-state index in [-0.39, 0.29) is 10.5 Å². The largest absolute Gasteiger partial charge is 0.478 e. The van der Waals surface area contributed by atoms with Crippen molar-refractivity contribution in [3.63, 3.8) is 0 Å². The van der Waals surface area contributed by atoms with Crippen LogP contribution in [0.15, 0.2) is 58.3 Å². The van der Waals surface area contributed by atoms with E-state index in [9.17, 15) is 18.3 Å².